The van der Waals surface area contributed by atoms with Gasteiger partial charge >= 0.3 is 0 Å². The zero-order valence-electron chi connectivity index (χ0n) is 18.6. The van der Waals surface area contributed by atoms with E-state index in [1.807, 2.05) is 13.8 Å². The molecule has 3 aromatic rings. The average Bonchev–Trinajstić information content (AvgIpc) is 3.54. The number of hydrogen-bond donors (Lipinski definition) is 2. The molecule has 2 aromatic carbocycles. The van der Waals surface area contributed by atoms with Gasteiger partial charge in [0, 0.05) is 17.2 Å². The summed E-state index contributed by atoms with van der Waals surface area (Å²) in [6.07, 6.45) is 2.11. The Hall–Kier alpha value is -3.40. The second kappa shape index (κ2) is 9.22. The SMILES string of the molecule is COc1ccc(NS(=O)(=O)c2ccc(C(=O)NC(c3nc(C4CC4)no3)C(C)C)cc2)cc1. The molecule has 9 nitrogen and oxygen atoms in total. The Morgan fingerprint density at radius 3 is 2.33 bits per heavy atom. The number of benzene rings is 2. The van der Waals surface area contributed by atoms with Crippen molar-refractivity contribution < 1.29 is 22.5 Å². The minimum atomic E-state index is -3.81. The average molecular weight is 471 g/mol. The summed E-state index contributed by atoms with van der Waals surface area (Å²) in [6, 6.07) is 11.8. The standard InChI is InChI=1S/C23H26N4O5S/c1-14(2)20(23-25-21(26-32-23)15-4-5-15)24-22(28)16-6-12-19(13-7-16)33(29,30)27-17-8-10-18(31-3)11-9-17/h6-15,20,27H,4-5H2,1-3H3,(H,24,28). The molecule has 1 aromatic heterocycles. The van der Waals surface area contributed by atoms with E-state index < -0.39 is 16.1 Å². The molecule has 10 heteroatoms. The van der Waals surface area contributed by atoms with E-state index in [-0.39, 0.29) is 16.7 Å². The predicted molar refractivity (Wildman–Crippen MR) is 122 cm³/mol. The van der Waals surface area contributed by atoms with Gasteiger partial charge in [0.15, 0.2) is 5.82 Å². The molecule has 174 valence electrons. The first-order valence-electron chi connectivity index (χ1n) is 10.7. The molecule has 2 N–H and O–H groups in total. The molecule has 0 spiro atoms. The van der Waals surface area contributed by atoms with E-state index in [9.17, 15) is 13.2 Å². The molecule has 1 amide bonds. The third kappa shape index (κ3) is 5.33. The van der Waals surface area contributed by atoms with Crippen molar-refractivity contribution >= 4 is 21.6 Å². The molecule has 1 unspecified atom stereocenters. The van der Waals surface area contributed by atoms with Crippen LogP contribution in [0.4, 0.5) is 5.69 Å². The predicted octanol–water partition coefficient (Wildman–Crippen LogP) is 3.88. The second-order valence-electron chi connectivity index (χ2n) is 8.32. The first kappa shape index (κ1) is 22.8. The summed E-state index contributed by atoms with van der Waals surface area (Å²) in [6.45, 7) is 3.90. The van der Waals surface area contributed by atoms with Gasteiger partial charge in [0.2, 0.25) is 5.89 Å². The molecule has 33 heavy (non-hydrogen) atoms. The van der Waals surface area contributed by atoms with E-state index in [1.165, 1.54) is 31.4 Å². The zero-order valence-corrected chi connectivity index (χ0v) is 19.4. The lowest BCUT2D eigenvalue weighted by atomic mass is 10.0. The maximum absolute atomic E-state index is 12.8. The maximum Gasteiger partial charge on any atom is 0.261 e. The molecule has 1 fully saturated rings. The number of rotatable bonds is 9. The number of nitrogens with zero attached hydrogens (tertiary/aromatic N) is 2. The van der Waals surface area contributed by atoms with Crippen LogP contribution < -0.4 is 14.8 Å². The molecule has 1 atom stereocenters. The van der Waals surface area contributed by atoms with E-state index in [1.54, 1.807) is 24.3 Å². The Kier molecular flexibility index (Phi) is 6.37. The highest BCUT2D eigenvalue weighted by Crippen LogP contribution is 2.38. The highest BCUT2D eigenvalue weighted by Gasteiger charge is 2.31. The van der Waals surface area contributed by atoms with Crippen LogP contribution in [0.5, 0.6) is 5.75 Å². The Morgan fingerprint density at radius 2 is 1.76 bits per heavy atom. The molecule has 1 aliphatic rings. The van der Waals surface area contributed by atoms with Crippen LogP contribution in [0.3, 0.4) is 0 Å². The molecule has 0 saturated heterocycles. The van der Waals surface area contributed by atoms with Crippen LogP contribution in [0.15, 0.2) is 57.9 Å². The fourth-order valence-corrected chi connectivity index (χ4v) is 4.34. The van der Waals surface area contributed by atoms with Crippen molar-refractivity contribution in [3.8, 4) is 5.75 Å². The topological polar surface area (TPSA) is 123 Å². The van der Waals surface area contributed by atoms with Crippen molar-refractivity contribution in [3.05, 3.63) is 65.8 Å². The van der Waals surface area contributed by atoms with Gasteiger partial charge in [-0.15, -0.1) is 0 Å². The van der Waals surface area contributed by atoms with Crippen LogP contribution in [-0.4, -0.2) is 31.6 Å². The first-order chi connectivity index (χ1) is 15.8. The number of methoxy groups -OCH3 is 1. The van der Waals surface area contributed by atoms with Crippen LogP contribution >= 0.6 is 0 Å². The number of aromatic nitrogens is 2. The van der Waals surface area contributed by atoms with Gasteiger partial charge in [-0.2, -0.15) is 4.98 Å². The summed E-state index contributed by atoms with van der Waals surface area (Å²) in [5.41, 5.74) is 0.730. The molecule has 1 saturated carbocycles. The third-order valence-electron chi connectivity index (χ3n) is 5.39. The first-order valence-corrected chi connectivity index (χ1v) is 12.2. The minimum Gasteiger partial charge on any atom is -0.497 e. The van der Waals surface area contributed by atoms with Crippen molar-refractivity contribution in [1.82, 2.24) is 15.5 Å². The van der Waals surface area contributed by atoms with Gasteiger partial charge in [0.25, 0.3) is 15.9 Å². The molecule has 4 rings (SSSR count). The van der Waals surface area contributed by atoms with Gasteiger partial charge in [0.1, 0.15) is 11.8 Å². The third-order valence-corrected chi connectivity index (χ3v) is 6.79. The van der Waals surface area contributed by atoms with Crippen LogP contribution in [0, 0.1) is 5.92 Å². The molecule has 1 heterocycles. The number of amides is 1. The maximum atomic E-state index is 12.8. The van der Waals surface area contributed by atoms with Crippen molar-refractivity contribution in [2.24, 2.45) is 5.92 Å². The van der Waals surface area contributed by atoms with Crippen LogP contribution in [0.1, 0.15) is 60.7 Å². The van der Waals surface area contributed by atoms with Gasteiger partial charge in [0.05, 0.1) is 12.0 Å². The number of carbonyl (C=O) groups excluding carboxylic acids is 1. The van der Waals surface area contributed by atoms with E-state index in [0.717, 1.165) is 12.8 Å². The molecular weight excluding hydrogens is 444 g/mol. The van der Waals surface area contributed by atoms with Crippen molar-refractivity contribution in [1.29, 1.82) is 0 Å². The second-order valence-corrected chi connectivity index (χ2v) is 10.0. The lowest BCUT2D eigenvalue weighted by molar-refractivity contribution is 0.0914. The van der Waals surface area contributed by atoms with E-state index in [4.69, 9.17) is 9.26 Å². The zero-order chi connectivity index (χ0) is 23.6. The minimum absolute atomic E-state index is 0.0230. The smallest absolute Gasteiger partial charge is 0.261 e. The van der Waals surface area contributed by atoms with Crippen LogP contribution in [0.2, 0.25) is 0 Å². The van der Waals surface area contributed by atoms with Crippen molar-refractivity contribution in [3.63, 3.8) is 0 Å². The van der Waals surface area contributed by atoms with E-state index in [2.05, 4.69) is 20.2 Å². The van der Waals surface area contributed by atoms with Gasteiger partial charge in [-0.05, 0) is 67.3 Å². The lowest BCUT2D eigenvalue weighted by Gasteiger charge is -2.18. The quantitative estimate of drug-likeness (QED) is 0.486. The molecule has 0 aliphatic heterocycles. The van der Waals surface area contributed by atoms with Gasteiger partial charge in [-0.25, -0.2) is 8.42 Å². The number of ether oxygens (including phenoxy) is 1. The van der Waals surface area contributed by atoms with Crippen LogP contribution in [-0.2, 0) is 10.0 Å². The highest BCUT2D eigenvalue weighted by molar-refractivity contribution is 7.92. The number of hydrogen-bond acceptors (Lipinski definition) is 7. The monoisotopic (exact) mass is 470 g/mol. The number of anilines is 1. The Labute approximate surface area is 192 Å². The Morgan fingerprint density at radius 1 is 1.09 bits per heavy atom. The molecular formula is C23H26N4O5S. The highest BCUT2D eigenvalue weighted by atomic mass is 32.2. The van der Waals surface area contributed by atoms with Gasteiger partial charge < -0.3 is 14.6 Å². The van der Waals surface area contributed by atoms with Gasteiger partial charge in [-0.1, -0.05) is 19.0 Å². The number of nitrogens with one attached hydrogen (secondary N) is 2. The Balaban J connectivity index is 1.44. The van der Waals surface area contributed by atoms with Gasteiger partial charge in [-0.3, -0.25) is 9.52 Å². The fourth-order valence-electron chi connectivity index (χ4n) is 3.28. The van der Waals surface area contributed by atoms with E-state index >= 15 is 0 Å². The normalized spacial score (nSPS) is 14.7. The van der Waals surface area contributed by atoms with Crippen molar-refractivity contribution in [2.45, 2.75) is 43.5 Å². The van der Waals surface area contributed by atoms with Crippen molar-refractivity contribution in [2.75, 3.05) is 11.8 Å². The number of carbonyl (C=O) groups is 1. The summed E-state index contributed by atoms with van der Waals surface area (Å²) >= 11 is 0. The largest absolute Gasteiger partial charge is 0.497 e. The lowest BCUT2D eigenvalue weighted by Crippen LogP contribution is -2.32. The molecule has 0 radical (unpaired) electrons. The Bertz CT molecular complexity index is 1220. The molecule has 1 aliphatic carbocycles. The summed E-state index contributed by atoms with van der Waals surface area (Å²) < 4.78 is 38.3. The molecule has 0 bridgehead atoms. The summed E-state index contributed by atoms with van der Waals surface area (Å²) in [7, 11) is -2.27. The summed E-state index contributed by atoms with van der Waals surface area (Å²) in [5.74, 6) is 1.71. The van der Waals surface area contributed by atoms with Crippen LogP contribution in [0.25, 0.3) is 0 Å². The fraction of sp³-hybridized carbons (Fsp3) is 0.348. The summed E-state index contributed by atoms with van der Waals surface area (Å²) in [5, 5.41) is 6.94. The number of sulfonamides is 1. The van der Waals surface area contributed by atoms with E-state index in [0.29, 0.717) is 34.6 Å². The summed E-state index contributed by atoms with van der Waals surface area (Å²) in [4.78, 5) is 17.3.